The van der Waals surface area contributed by atoms with Crippen LogP contribution in [0.3, 0.4) is 0 Å². The van der Waals surface area contributed by atoms with Crippen LogP contribution in [0.2, 0.25) is 0 Å². The molecule has 1 aliphatic heterocycles. The number of nitrogens with zero attached hydrogens (tertiary/aromatic N) is 1. The maximum absolute atomic E-state index is 5.55. The Morgan fingerprint density at radius 1 is 1.50 bits per heavy atom. The lowest BCUT2D eigenvalue weighted by Crippen LogP contribution is -2.52. The molecule has 0 aromatic rings. The van der Waals surface area contributed by atoms with Crippen LogP contribution in [0.1, 0.15) is 34.1 Å². The molecule has 3 nitrogen and oxygen atoms in total. The smallest absolute Gasteiger partial charge is 0.0622 e. The second-order valence-electron chi connectivity index (χ2n) is 5.61. The quantitative estimate of drug-likeness (QED) is 0.775. The molecule has 2 atom stereocenters. The predicted octanol–water partition coefficient (Wildman–Crippen LogP) is 1.73. The molecule has 1 saturated heterocycles. The van der Waals surface area contributed by atoms with Crippen molar-refractivity contribution in [3.8, 4) is 0 Å². The van der Waals surface area contributed by atoms with Gasteiger partial charge in [-0.2, -0.15) is 0 Å². The predicted molar refractivity (Wildman–Crippen MR) is 68.8 cm³/mol. The number of ether oxygens (including phenoxy) is 1. The Hall–Kier alpha value is -0.120. The SMILES string of the molecule is CCC1COCCN1CC(C)(C)C(C)NC. The Balaban J connectivity index is 2.56. The Morgan fingerprint density at radius 3 is 2.75 bits per heavy atom. The van der Waals surface area contributed by atoms with E-state index in [2.05, 4.69) is 37.9 Å². The van der Waals surface area contributed by atoms with Crippen molar-refractivity contribution in [3.63, 3.8) is 0 Å². The molecule has 0 saturated carbocycles. The molecule has 0 bridgehead atoms. The van der Waals surface area contributed by atoms with Crippen molar-refractivity contribution in [1.82, 2.24) is 10.2 Å². The third-order valence-electron chi connectivity index (χ3n) is 4.04. The Bertz CT molecular complexity index is 206. The highest BCUT2D eigenvalue weighted by Gasteiger charge is 2.31. The summed E-state index contributed by atoms with van der Waals surface area (Å²) in [6, 6.07) is 1.14. The number of morpholine rings is 1. The summed E-state index contributed by atoms with van der Waals surface area (Å²) in [4.78, 5) is 2.59. The molecule has 0 aromatic carbocycles. The van der Waals surface area contributed by atoms with Crippen molar-refractivity contribution in [2.45, 2.75) is 46.2 Å². The molecular formula is C13H28N2O. The minimum absolute atomic E-state index is 0.305. The standard InChI is InChI=1S/C13H28N2O/c1-6-12-9-16-8-7-15(12)10-13(3,4)11(2)14-5/h11-12,14H,6-10H2,1-5H3. The molecule has 1 fully saturated rings. The lowest BCUT2D eigenvalue weighted by atomic mass is 9.84. The Kier molecular flexibility index (Phi) is 5.22. The fraction of sp³-hybridized carbons (Fsp3) is 1.00. The van der Waals surface area contributed by atoms with Crippen molar-refractivity contribution in [2.75, 3.05) is 33.4 Å². The Labute approximate surface area is 101 Å². The van der Waals surface area contributed by atoms with Gasteiger partial charge in [-0.1, -0.05) is 20.8 Å². The third kappa shape index (κ3) is 3.44. The summed E-state index contributed by atoms with van der Waals surface area (Å²) in [6.45, 7) is 13.2. The second-order valence-corrected chi connectivity index (χ2v) is 5.61. The van der Waals surface area contributed by atoms with Gasteiger partial charge in [0.1, 0.15) is 0 Å². The van der Waals surface area contributed by atoms with E-state index >= 15 is 0 Å². The maximum atomic E-state index is 5.55. The zero-order valence-electron chi connectivity index (χ0n) is 11.5. The van der Waals surface area contributed by atoms with Crippen LogP contribution >= 0.6 is 0 Å². The summed E-state index contributed by atoms with van der Waals surface area (Å²) in [5, 5.41) is 3.37. The summed E-state index contributed by atoms with van der Waals surface area (Å²) >= 11 is 0. The van der Waals surface area contributed by atoms with E-state index in [0.29, 0.717) is 17.5 Å². The zero-order valence-corrected chi connectivity index (χ0v) is 11.5. The first-order chi connectivity index (χ1) is 7.51. The average Bonchev–Trinajstić information content (AvgIpc) is 2.28. The van der Waals surface area contributed by atoms with Gasteiger partial charge < -0.3 is 10.1 Å². The van der Waals surface area contributed by atoms with Gasteiger partial charge in [0.25, 0.3) is 0 Å². The minimum atomic E-state index is 0.305. The number of rotatable bonds is 5. The van der Waals surface area contributed by atoms with Crippen molar-refractivity contribution >= 4 is 0 Å². The molecule has 3 heteroatoms. The molecule has 1 aliphatic rings. The molecule has 96 valence electrons. The van der Waals surface area contributed by atoms with E-state index in [1.54, 1.807) is 0 Å². The van der Waals surface area contributed by atoms with Crippen LogP contribution in [0, 0.1) is 5.41 Å². The van der Waals surface area contributed by atoms with Gasteiger partial charge in [-0.05, 0) is 25.8 Å². The fourth-order valence-corrected chi connectivity index (χ4v) is 2.32. The van der Waals surface area contributed by atoms with Crippen LogP contribution < -0.4 is 5.32 Å². The monoisotopic (exact) mass is 228 g/mol. The van der Waals surface area contributed by atoms with Gasteiger partial charge in [0.2, 0.25) is 0 Å². The lowest BCUT2D eigenvalue weighted by molar-refractivity contribution is -0.0274. The van der Waals surface area contributed by atoms with Gasteiger partial charge in [0.05, 0.1) is 13.2 Å². The normalized spacial score (nSPS) is 25.7. The van der Waals surface area contributed by atoms with Gasteiger partial charge >= 0.3 is 0 Å². The molecule has 0 spiro atoms. The largest absolute Gasteiger partial charge is 0.378 e. The van der Waals surface area contributed by atoms with Gasteiger partial charge in [0, 0.05) is 25.2 Å². The molecule has 0 aromatic heterocycles. The third-order valence-corrected chi connectivity index (χ3v) is 4.04. The molecular weight excluding hydrogens is 200 g/mol. The van der Waals surface area contributed by atoms with E-state index in [0.717, 1.165) is 26.3 Å². The van der Waals surface area contributed by atoms with Crippen molar-refractivity contribution in [1.29, 1.82) is 0 Å². The molecule has 1 rings (SSSR count). The molecule has 1 N–H and O–H groups in total. The van der Waals surface area contributed by atoms with E-state index in [-0.39, 0.29) is 0 Å². The topological polar surface area (TPSA) is 24.5 Å². The maximum Gasteiger partial charge on any atom is 0.0622 e. The van der Waals surface area contributed by atoms with E-state index in [9.17, 15) is 0 Å². The highest BCUT2D eigenvalue weighted by Crippen LogP contribution is 2.24. The molecule has 1 heterocycles. The van der Waals surface area contributed by atoms with Crippen LogP contribution in [-0.2, 0) is 4.74 Å². The van der Waals surface area contributed by atoms with Gasteiger partial charge in [-0.15, -0.1) is 0 Å². The molecule has 2 unspecified atom stereocenters. The van der Waals surface area contributed by atoms with E-state index in [1.807, 2.05) is 7.05 Å². The summed E-state index contributed by atoms with van der Waals surface area (Å²) in [5.74, 6) is 0. The first-order valence-corrected chi connectivity index (χ1v) is 6.50. The van der Waals surface area contributed by atoms with E-state index in [1.165, 1.54) is 6.42 Å². The average molecular weight is 228 g/mol. The van der Waals surface area contributed by atoms with Gasteiger partial charge in [-0.3, -0.25) is 4.90 Å². The number of nitrogens with one attached hydrogen (secondary N) is 1. The zero-order chi connectivity index (χ0) is 12.2. The molecule has 0 amide bonds. The lowest BCUT2D eigenvalue weighted by Gasteiger charge is -2.42. The van der Waals surface area contributed by atoms with Crippen molar-refractivity contribution in [2.24, 2.45) is 5.41 Å². The van der Waals surface area contributed by atoms with Crippen LogP contribution in [-0.4, -0.2) is 50.3 Å². The van der Waals surface area contributed by atoms with Crippen LogP contribution in [0.4, 0.5) is 0 Å². The van der Waals surface area contributed by atoms with E-state index in [4.69, 9.17) is 4.74 Å². The van der Waals surface area contributed by atoms with Crippen LogP contribution in [0.5, 0.6) is 0 Å². The van der Waals surface area contributed by atoms with E-state index < -0.39 is 0 Å². The highest BCUT2D eigenvalue weighted by atomic mass is 16.5. The van der Waals surface area contributed by atoms with Crippen molar-refractivity contribution in [3.05, 3.63) is 0 Å². The van der Waals surface area contributed by atoms with Crippen LogP contribution in [0.25, 0.3) is 0 Å². The summed E-state index contributed by atoms with van der Waals surface area (Å²) in [6.07, 6.45) is 1.18. The minimum Gasteiger partial charge on any atom is -0.378 e. The van der Waals surface area contributed by atoms with Crippen LogP contribution in [0.15, 0.2) is 0 Å². The second kappa shape index (κ2) is 5.99. The number of hydrogen-bond acceptors (Lipinski definition) is 3. The fourth-order valence-electron chi connectivity index (χ4n) is 2.32. The highest BCUT2D eigenvalue weighted by molar-refractivity contribution is 4.86. The van der Waals surface area contributed by atoms with Crippen molar-refractivity contribution < 1.29 is 4.74 Å². The summed E-state index contributed by atoms with van der Waals surface area (Å²) < 4.78 is 5.55. The molecule has 16 heavy (non-hydrogen) atoms. The molecule has 0 aliphatic carbocycles. The van der Waals surface area contributed by atoms with Gasteiger partial charge in [-0.25, -0.2) is 0 Å². The summed E-state index contributed by atoms with van der Waals surface area (Å²) in [7, 11) is 2.04. The van der Waals surface area contributed by atoms with Gasteiger partial charge in [0.15, 0.2) is 0 Å². The Morgan fingerprint density at radius 2 is 2.19 bits per heavy atom. The number of hydrogen-bond donors (Lipinski definition) is 1. The summed E-state index contributed by atoms with van der Waals surface area (Å²) in [5.41, 5.74) is 0.305. The first kappa shape index (κ1) is 13.9. The first-order valence-electron chi connectivity index (χ1n) is 6.50. The molecule has 0 radical (unpaired) electrons.